The van der Waals surface area contributed by atoms with Crippen molar-refractivity contribution in [3.8, 4) is 11.5 Å². The Hall–Kier alpha value is -1.62. The predicted octanol–water partition coefficient (Wildman–Crippen LogP) is 4.63. The highest BCUT2D eigenvalue weighted by atomic mass is 35.5. The summed E-state index contributed by atoms with van der Waals surface area (Å²) in [5.74, 6) is -1.59. The molecule has 4 nitrogen and oxygen atoms in total. The van der Waals surface area contributed by atoms with Crippen molar-refractivity contribution in [3.05, 3.63) is 56.5 Å². The van der Waals surface area contributed by atoms with Crippen molar-refractivity contribution in [2.24, 2.45) is 0 Å². The van der Waals surface area contributed by atoms with E-state index in [9.17, 15) is 9.90 Å². The summed E-state index contributed by atoms with van der Waals surface area (Å²) in [5.41, 5.74) is 0.349. The van der Waals surface area contributed by atoms with Gasteiger partial charge in [0, 0.05) is 21.7 Å². The lowest BCUT2D eigenvalue weighted by atomic mass is 10.2. The first-order valence-corrected chi connectivity index (χ1v) is 6.84. The summed E-state index contributed by atoms with van der Waals surface area (Å²) < 4.78 is 5.45. The van der Waals surface area contributed by atoms with Gasteiger partial charge in [-0.25, -0.2) is 4.79 Å². The van der Waals surface area contributed by atoms with Crippen molar-refractivity contribution in [3.63, 3.8) is 0 Å². The predicted molar refractivity (Wildman–Crippen MR) is 80.9 cm³/mol. The molecule has 0 bridgehead atoms. The van der Waals surface area contributed by atoms with Crippen molar-refractivity contribution < 1.29 is 19.7 Å². The highest BCUT2D eigenvalue weighted by Crippen LogP contribution is 2.33. The van der Waals surface area contributed by atoms with Gasteiger partial charge in [0.05, 0.1) is 5.02 Å². The second-order valence-corrected chi connectivity index (χ2v) is 5.38. The third-order valence-corrected chi connectivity index (χ3v) is 3.55. The van der Waals surface area contributed by atoms with Gasteiger partial charge in [-0.3, -0.25) is 0 Å². The summed E-state index contributed by atoms with van der Waals surface area (Å²) in [5, 5.41) is 19.3. The molecule has 0 aliphatic heterocycles. The fourth-order valence-electron chi connectivity index (χ4n) is 1.62. The number of hydrogen-bond acceptors (Lipinski definition) is 3. The Morgan fingerprint density at radius 3 is 2.43 bits per heavy atom. The lowest BCUT2D eigenvalue weighted by molar-refractivity contribution is 0.0693. The molecule has 0 fully saturated rings. The van der Waals surface area contributed by atoms with E-state index in [4.69, 9.17) is 44.6 Å². The number of carboxylic acids is 1. The summed E-state index contributed by atoms with van der Waals surface area (Å²) in [6.07, 6.45) is 0. The molecule has 0 amide bonds. The second kappa shape index (κ2) is 6.43. The Balaban J connectivity index is 2.22. The average molecular weight is 348 g/mol. The maximum atomic E-state index is 11.0. The van der Waals surface area contributed by atoms with Crippen LogP contribution in [0.15, 0.2) is 30.3 Å². The maximum Gasteiger partial charge on any atom is 0.339 e. The van der Waals surface area contributed by atoms with Crippen LogP contribution < -0.4 is 4.74 Å². The fourth-order valence-corrected chi connectivity index (χ4v) is 2.29. The Morgan fingerprint density at radius 1 is 1.10 bits per heavy atom. The SMILES string of the molecule is O=C(O)c1cc(OCc2ccc(Cl)cc2Cl)cc(Cl)c1O. The van der Waals surface area contributed by atoms with Gasteiger partial charge in [-0.15, -0.1) is 0 Å². The fraction of sp³-hybridized carbons (Fsp3) is 0.0714. The van der Waals surface area contributed by atoms with Gasteiger partial charge >= 0.3 is 5.97 Å². The Kier molecular flexibility index (Phi) is 4.83. The average Bonchev–Trinajstić information content (AvgIpc) is 2.41. The molecule has 2 N–H and O–H groups in total. The van der Waals surface area contributed by atoms with Gasteiger partial charge in [0.25, 0.3) is 0 Å². The topological polar surface area (TPSA) is 66.8 Å². The smallest absolute Gasteiger partial charge is 0.339 e. The van der Waals surface area contributed by atoms with Gasteiger partial charge in [0.15, 0.2) is 0 Å². The van der Waals surface area contributed by atoms with Crippen LogP contribution in [0.3, 0.4) is 0 Å². The van der Waals surface area contributed by atoms with Gasteiger partial charge < -0.3 is 14.9 Å². The summed E-state index contributed by atoms with van der Waals surface area (Å²) in [7, 11) is 0. The molecule has 0 spiro atoms. The van der Waals surface area contributed by atoms with Crippen LogP contribution in [0, 0.1) is 0 Å². The molecule has 0 saturated carbocycles. The van der Waals surface area contributed by atoms with Crippen molar-refractivity contribution in [2.75, 3.05) is 0 Å². The first-order chi connectivity index (χ1) is 9.88. The van der Waals surface area contributed by atoms with E-state index in [2.05, 4.69) is 0 Å². The van der Waals surface area contributed by atoms with E-state index >= 15 is 0 Å². The third-order valence-electron chi connectivity index (χ3n) is 2.68. The van der Waals surface area contributed by atoms with Crippen molar-refractivity contribution in [2.45, 2.75) is 6.61 Å². The van der Waals surface area contributed by atoms with E-state index in [1.54, 1.807) is 18.2 Å². The molecule has 0 unspecified atom stereocenters. The third kappa shape index (κ3) is 3.73. The zero-order chi connectivity index (χ0) is 15.6. The van der Waals surface area contributed by atoms with Crippen LogP contribution >= 0.6 is 34.8 Å². The van der Waals surface area contributed by atoms with E-state index in [0.29, 0.717) is 15.6 Å². The Bertz CT molecular complexity index is 701. The molecule has 21 heavy (non-hydrogen) atoms. The van der Waals surface area contributed by atoms with Crippen LogP contribution in [0.4, 0.5) is 0 Å². The van der Waals surface area contributed by atoms with Crippen LogP contribution in [0.5, 0.6) is 11.5 Å². The van der Waals surface area contributed by atoms with Crippen LogP contribution in [-0.2, 0) is 6.61 Å². The summed E-state index contributed by atoms with van der Waals surface area (Å²) >= 11 is 17.6. The highest BCUT2D eigenvalue weighted by Gasteiger charge is 2.15. The molecule has 110 valence electrons. The monoisotopic (exact) mass is 346 g/mol. The number of aromatic carboxylic acids is 1. The minimum atomic E-state index is -1.30. The number of rotatable bonds is 4. The van der Waals surface area contributed by atoms with Crippen LogP contribution in [-0.4, -0.2) is 16.2 Å². The molecule has 0 aliphatic carbocycles. The van der Waals surface area contributed by atoms with Crippen LogP contribution in [0.2, 0.25) is 15.1 Å². The summed E-state index contributed by atoms with van der Waals surface area (Å²) in [4.78, 5) is 11.0. The van der Waals surface area contributed by atoms with Crippen molar-refractivity contribution in [1.82, 2.24) is 0 Å². The molecule has 2 aromatic carbocycles. The lowest BCUT2D eigenvalue weighted by Crippen LogP contribution is -2.01. The standard InChI is InChI=1S/C14H9Cl3O4/c15-8-2-1-7(11(16)3-8)6-21-9-4-10(14(19)20)13(18)12(17)5-9/h1-5,18H,6H2,(H,19,20). The molecule has 0 heterocycles. The number of carbonyl (C=O) groups is 1. The highest BCUT2D eigenvalue weighted by molar-refractivity contribution is 6.35. The van der Waals surface area contributed by atoms with E-state index in [1.807, 2.05) is 0 Å². The number of benzene rings is 2. The molecule has 0 saturated heterocycles. The minimum absolute atomic E-state index is 0.105. The number of ether oxygens (including phenoxy) is 1. The normalized spacial score (nSPS) is 10.4. The zero-order valence-electron chi connectivity index (χ0n) is 10.4. The first-order valence-electron chi connectivity index (χ1n) is 5.71. The van der Waals surface area contributed by atoms with E-state index in [1.165, 1.54) is 12.1 Å². The molecule has 2 aromatic rings. The number of phenols is 1. The van der Waals surface area contributed by atoms with E-state index in [-0.39, 0.29) is 22.9 Å². The summed E-state index contributed by atoms with van der Waals surface area (Å²) in [6, 6.07) is 7.46. The van der Waals surface area contributed by atoms with Crippen LogP contribution in [0.25, 0.3) is 0 Å². The zero-order valence-corrected chi connectivity index (χ0v) is 12.7. The maximum absolute atomic E-state index is 11.0. The number of carboxylic acid groups (broad SMARTS) is 1. The molecule has 2 rings (SSSR count). The second-order valence-electron chi connectivity index (χ2n) is 4.13. The van der Waals surface area contributed by atoms with Gasteiger partial charge in [-0.2, -0.15) is 0 Å². The number of hydrogen-bond donors (Lipinski definition) is 2. The van der Waals surface area contributed by atoms with Gasteiger partial charge in [-0.1, -0.05) is 40.9 Å². The largest absolute Gasteiger partial charge is 0.505 e. The molecular weight excluding hydrogens is 339 g/mol. The molecule has 0 radical (unpaired) electrons. The number of aromatic hydroxyl groups is 1. The quantitative estimate of drug-likeness (QED) is 0.846. The van der Waals surface area contributed by atoms with E-state index in [0.717, 1.165) is 0 Å². The molecule has 0 aromatic heterocycles. The lowest BCUT2D eigenvalue weighted by Gasteiger charge is -2.10. The first kappa shape index (κ1) is 15.8. The Morgan fingerprint density at radius 2 is 1.81 bits per heavy atom. The minimum Gasteiger partial charge on any atom is -0.505 e. The van der Waals surface area contributed by atoms with Gasteiger partial charge in [0.2, 0.25) is 0 Å². The van der Waals surface area contributed by atoms with Crippen molar-refractivity contribution in [1.29, 1.82) is 0 Å². The molecular formula is C14H9Cl3O4. The van der Waals surface area contributed by atoms with Gasteiger partial charge in [0.1, 0.15) is 23.7 Å². The summed E-state index contributed by atoms with van der Waals surface area (Å²) in [6.45, 7) is 0.107. The molecule has 7 heteroatoms. The molecule has 0 atom stereocenters. The van der Waals surface area contributed by atoms with E-state index < -0.39 is 11.7 Å². The van der Waals surface area contributed by atoms with Crippen molar-refractivity contribution >= 4 is 40.8 Å². The molecule has 0 aliphatic rings. The Labute approximate surface area is 135 Å². The number of halogens is 3. The van der Waals surface area contributed by atoms with Crippen LogP contribution in [0.1, 0.15) is 15.9 Å². The van der Waals surface area contributed by atoms with Gasteiger partial charge in [-0.05, 0) is 18.2 Å².